The summed E-state index contributed by atoms with van der Waals surface area (Å²) >= 11 is 0. The maximum absolute atomic E-state index is 12.0. The lowest BCUT2D eigenvalue weighted by atomic mass is 9.85. The molecule has 1 rings (SSSR count). The topological polar surface area (TPSA) is 29.5 Å². The Morgan fingerprint density at radius 2 is 1.88 bits per heavy atom. The molecule has 1 heterocycles. The van der Waals surface area contributed by atoms with Gasteiger partial charge in [0.15, 0.2) is 5.78 Å². The van der Waals surface area contributed by atoms with Gasteiger partial charge in [0.05, 0.1) is 0 Å². The number of ether oxygens (including phenoxy) is 1. The molecule has 0 unspecified atom stereocenters. The number of rotatable bonds is 5. The summed E-state index contributed by atoms with van der Waals surface area (Å²) < 4.78 is 5.77. The van der Waals surface area contributed by atoms with Crippen LogP contribution in [0.2, 0.25) is 0 Å². The van der Waals surface area contributed by atoms with Gasteiger partial charge in [0.25, 0.3) is 0 Å². The fraction of sp³-hybridized carbons (Fsp3) is 0.923. The summed E-state index contributed by atoms with van der Waals surface area (Å²) in [4.78, 5) is 14.4. The van der Waals surface area contributed by atoms with Crippen LogP contribution in [0, 0.1) is 0 Å². The third-order valence-corrected chi connectivity index (χ3v) is 3.59. The van der Waals surface area contributed by atoms with E-state index in [0.29, 0.717) is 19.1 Å². The highest BCUT2D eigenvalue weighted by molar-refractivity contribution is 5.87. The van der Waals surface area contributed by atoms with Gasteiger partial charge in [-0.05, 0) is 33.6 Å². The average molecular weight is 227 g/mol. The third-order valence-electron chi connectivity index (χ3n) is 3.59. The standard InChI is InChI=1S/C13H25NO2/c1-5-12(15)13(16-6-2)7-9-14(10-8-13)11(3)4/h11H,5-10H2,1-4H3. The molecule has 94 valence electrons. The second-order valence-electron chi connectivity index (χ2n) is 4.83. The molecule has 3 nitrogen and oxygen atoms in total. The highest BCUT2D eigenvalue weighted by atomic mass is 16.5. The van der Waals surface area contributed by atoms with Gasteiger partial charge in [0, 0.05) is 32.2 Å². The molecule has 0 aromatic carbocycles. The van der Waals surface area contributed by atoms with E-state index in [1.165, 1.54) is 0 Å². The van der Waals surface area contributed by atoms with Gasteiger partial charge in [-0.25, -0.2) is 0 Å². The zero-order chi connectivity index (χ0) is 12.2. The maximum Gasteiger partial charge on any atom is 0.164 e. The Bertz CT molecular complexity index is 230. The van der Waals surface area contributed by atoms with E-state index in [0.717, 1.165) is 25.9 Å². The summed E-state index contributed by atoms with van der Waals surface area (Å²) in [5.74, 6) is 0.276. The van der Waals surface area contributed by atoms with Crippen LogP contribution >= 0.6 is 0 Å². The molecule has 0 aliphatic carbocycles. The number of nitrogens with zero attached hydrogens (tertiary/aromatic N) is 1. The first-order valence-corrected chi connectivity index (χ1v) is 6.47. The predicted molar refractivity (Wildman–Crippen MR) is 65.6 cm³/mol. The van der Waals surface area contributed by atoms with E-state index in [9.17, 15) is 4.79 Å². The van der Waals surface area contributed by atoms with Crippen molar-refractivity contribution in [2.45, 2.75) is 58.6 Å². The highest BCUT2D eigenvalue weighted by Gasteiger charge is 2.41. The molecule has 0 aromatic rings. The minimum absolute atomic E-state index is 0.276. The van der Waals surface area contributed by atoms with E-state index < -0.39 is 5.60 Å². The van der Waals surface area contributed by atoms with Gasteiger partial charge in [-0.15, -0.1) is 0 Å². The number of carbonyl (C=O) groups excluding carboxylic acids is 1. The van der Waals surface area contributed by atoms with Crippen LogP contribution in [-0.4, -0.2) is 42.0 Å². The fourth-order valence-corrected chi connectivity index (χ4v) is 2.50. The molecule has 16 heavy (non-hydrogen) atoms. The van der Waals surface area contributed by atoms with E-state index in [-0.39, 0.29) is 5.78 Å². The molecule has 0 saturated carbocycles. The quantitative estimate of drug-likeness (QED) is 0.721. The summed E-state index contributed by atoms with van der Waals surface area (Å²) in [5, 5.41) is 0. The first-order valence-electron chi connectivity index (χ1n) is 6.47. The molecule has 0 N–H and O–H groups in total. The molecule has 0 atom stereocenters. The summed E-state index contributed by atoms with van der Waals surface area (Å²) in [7, 11) is 0. The number of likely N-dealkylation sites (tertiary alicyclic amines) is 1. The highest BCUT2D eigenvalue weighted by Crippen LogP contribution is 2.29. The smallest absolute Gasteiger partial charge is 0.164 e. The van der Waals surface area contributed by atoms with Gasteiger partial charge < -0.3 is 9.64 Å². The largest absolute Gasteiger partial charge is 0.367 e. The maximum atomic E-state index is 12.0. The zero-order valence-electron chi connectivity index (χ0n) is 11.1. The van der Waals surface area contributed by atoms with Gasteiger partial charge in [0.1, 0.15) is 5.60 Å². The van der Waals surface area contributed by atoms with Crippen molar-refractivity contribution in [2.75, 3.05) is 19.7 Å². The predicted octanol–water partition coefficient (Wildman–Crippen LogP) is 2.25. The average Bonchev–Trinajstić information content (AvgIpc) is 2.29. The Kier molecular flexibility index (Phi) is 4.93. The van der Waals surface area contributed by atoms with Crippen molar-refractivity contribution >= 4 is 5.78 Å². The molecular weight excluding hydrogens is 202 g/mol. The lowest BCUT2D eigenvalue weighted by Crippen LogP contribution is -2.52. The first-order chi connectivity index (χ1) is 7.55. The second-order valence-corrected chi connectivity index (χ2v) is 4.83. The summed E-state index contributed by atoms with van der Waals surface area (Å²) in [6.07, 6.45) is 2.29. The molecule has 0 aromatic heterocycles. The van der Waals surface area contributed by atoms with Crippen LogP contribution < -0.4 is 0 Å². The van der Waals surface area contributed by atoms with Crippen LogP contribution in [0.4, 0.5) is 0 Å². The van der Waals surface area contributed by atoms with Gasteiger partial charge in [-0.3, -0.25) is 4.79 Å². The van der Waals surface area contributed by atoms with E-state index >= 15 is 0 Å². The van der Waals surface area contributed by atoms with Crippen LogP contribution in [0.1, 0.15) is 47.0 Å². The zero-order valence-corrected chi connectivity index (χ0v) is 11.1. The number of hydrogen-bond donors (Lipinski definition) is 0. The monoisotopic (exact) mass is 227 g/mol. The molecule has 1 saturated heterocycles. The van der Waals surface area contributed by atoms with E-state index in [1.54, 1.807) is 0 Å². The normalized spacial score (nSPS) is 21.3. The third kappa shape index (κ3) is 2.83. The van der Waals surface area contributed by atoms with Gasteiger partial charge in [0.2, 0.25) is 0 Å². The minimum atomic E-state index is -0.477. The lowest BCUT2D eigenvalue weighted by molar-refractivity contribution is -0.151. The molecule has 3 heteroatoms. The number of Topliss-reactive ketones (excluding diaryl/α,β-unsaturated/α-hetero) is 1. The Morgan fingerprint density at radius 3 is 2.25 bits per heavy atom. The Hall–Kier alpha value is -0.410. The van der Waals surface area contributed by atoms with Crippen molar-refractivity contribution in [3.05, 3.63) is 0 Å². The second kappa shape index (κ2) is 5.78. The van der Waals surface area contributed by atoms with Crippen molar-refractivity contribution in [2.24, 2.45) is 0 Å². The fourth-order valence-electron chi connectivity index (χ4n) is 2.50. The SMILES string of the molecule is CCOC1(C(=O)CC)CCN(C(C)C)CC1. The van der Waals surface area contributed by atoms with E-state index in [4.69, 9.17) is 4.74 Å². The molecule has 0 amide bonds. The summed E-state index contributed by atoms with van der Waals surface area (Å²) in [6.45, 7) is 10.9. The first kappa shape index (κ1) is 13.7. The van der Waals surface area contributed by atoms with E-state index in [2.05, 4.69) is 18.7 Å². The Balaban J connectivity index is 2.66. The van der Waals surface area contributed by atoms with Crippen LogP contribution in [0.15, 0.2) is 0 Å². The van der Waals surface area contributed by atoms with E-state index in [1.807, 2.05) is 13.8 Å². The lowest BCUT2D eigenvalue weighted by Gasteiger charge is -2.41. The van der Waals surface area contributed by atoms with Gasteiger partial charge in [-0.1, -0.05) is 6.92 Å². The van der Waals surface area contributed by atoms with Gasteiger partial charge in [-0.2, -0.15) is 0 Å². The van der Waals surface area contributed by atoms with Crippen LogP contribution in [0.25, 0.3) is 0 Å². The van der Waals surface area contributed by atoms with Gasteiger partial charge >= 0.3 is 0 Å². The molecule has 0 spiro atoms. The molecule has 1 aliphatic heterocycles. The number of carbonyl (C=O) groups is 1. The number of hydrogen-bond acceptors (Lipinski definition) is 3. The van der Waals surface area contributed by atoms with Crippen LogP contribution in [-0.2, 0) is 9.53 Å². The van der Waals surface area contributed by atoms with Crippen LogP contribution in [0.5, 0.6) is 0 Å². The number of piperidine rings is 1. The molecule has 0 radical (unpaired) electrons. The van der Waals surface area contributed by atoms with Crippen molar-refractivity contribution in [1.82, 2.24) is 4.90 Å². The summed E-state index contributed by atoms with van der Waals surface area (Å²) in [5.41, 5.74) is -0.477. The Morgan fingerprint density at radius 1 is 1.31 bits per heavy atom. The molecule has 1 fully saturated rings. The Labute approximate surface area is 99.1 Å². The summed E-state index contributed by atoms with van der Waals surface area (Å²) in [6, 6.07) is 0.566. The van der Waals surface area contributed by atoms with Crippen molar-refractivity contribution in [3.8, 4) is 0 Å². The number of ketones is 1. The molecular formula is C13H25NO2. The molecule has 0 bridgehead atoms. The van der Waals surface area contributed by atoms with Crippen molar-refractivity contribution < 1.29 is 9.53 Å². The molecule has 1 aliphatic rings. The van der Waals surface area contributed by atoms with Crippen molar-refractivity contribution in [3.63, 3.8) is 0 Å². The van der Waals surface area contributed by atoms with Crippen molar-refractivity contribution in [1.29, 1.82) is 0 Å². The van der Waals surface area contributed by atoms with Crippen LogP contribution in [0.3, 0.4) is 0 Å². The minimum Gasteiger partial charge on any atom is -0.367 e.